The molecule has 0 radical (unpaired) electrons. The normalized spacial score (nSPS) is 16.8. The molecule has 210 valence electrons. The summed E-state index contributed by atoms with van der Waals surface area (Å²) >= 11 is 0. The molecule has 0 aliphatic carbocycles. The minimum absolute atomic E-state index is 0.0777. The lowest BCUT2D eigenvalue weighted by Gasteiger charge is -2.34. The van der Waals surface area contributed by atoms with Crippen molar-refractivity contribution < 1.29 is 39.5 Å². The maximum Gasteiger partial charge on any atom is 0.416 e. The predicted molar refractivity (Wildman–Crippen MR) is 132 cm³/mol. The Kier molecular flexibility index (Phi) is 8.69. The fraction of sp³-hybridized carbons (Fsp3) is 0.333. The van der Waals surface area contributed by atoms with Gasteiger partial charge in [-0.3, -0.25) is 4.90 Å². The summed E-state index contributed by atoms with van der Waals surface area (Å²) in [6.07, 6.45) is -9.89. The van der Waals surface area contributed by atoms with E-state index >= 15 is 0 Å². The molecule has 0 N–H and O–H groups in total. The molecule has 0 spiro atoms. The molecule has 5 nitrogen and oxygen atoms in total. The molecular weight excluding hydrogens is 546 g/mol. The zero-order chi connectivity index (χ0) is 28.3. The van der Waals surface area contributed by atoms with Crippen LogP contribution in [0.3, 0.4) is 0 Å². The van der Waals surface area contributed by atoms with E-state index in [1.807, 2.05) is 4.90 Å². The van der Waals surface area contributed by atoms with Gasteiger partial charge in [-0.1, -0.05) is 48.5 Å². The molecule has 0 bridgehead atoms. The molecule has 0 saturated carbocycles. The van der Waals surface area contributed by atoms with Gasteiger partial charge in [0.2, 0.25) is 10.0 Å². The zero-order valence-corrected chi connectivity index (χ0v) is 21.4. The van der Waals surface area contributed by atoms with E-state index < -0.39 is 44.5 Å². The predicted octanol–water partition coefficient (Wildman–Crippen LogP) is 5.84. The van der Waals surface area contributed by atoms with Crippen molar-refractivity contribution in [1.82, 2.24) is 9.21 Å². The van der Waals surface area contributed by atoms with Crippen LogP contribution in [0.25, 0.3) is 0 Å². The third-order valence-electron chi connectivity index (χ3n) is 6.44. The highest BCUT2D eigenvalue weighted by molar-refractivity contribution is 7.89. The van der Waals surface area contributed by atoms with Gasteiger partial charge in [-0.15, -0.1) is 0 Å². The Morgan fingerprint density at radius 3 is 1.90 bits per heavy atom. The van der Waals surface area contributed by atoms with Crippen LogP contribution in [-0.2, 0) is 27.1 Å². The number of ether oxygens (including phenoxy) is 1. The van der Waals surface area contributed by atoms with Gasteiger partial charge in [0.1, 0.15) is 6.10 Å². The lowest BCUT2D eigenvalue weighted by molar-refractivity contribution is -0.138. The Bertz CT molecular complexity index is 1360. The average Bonchev–Trinajstić information content (AvgIpc) is 2.91. The van der Waals surface area contributed by atoms with Gasteiger partial charge in [0.25, 0.3) is 0 Å². The van der Waals surface area contributed by atoms with Gasteiger partial charge >= 0.3 is 12.4 Å². The second-order valence-electron chi connectivity index (χ2n) is 9.06. The van der Waals surface area contributed by atoms with Gasteiger partial charge in [-0.25, -0.2) is 8.42 Å². The van der Waals surface area contributed by atoms with E-state index in [1.165, 1.54) is 6.07 Å². The molecule has 3 aromatic carbocycles. The van der Waals surface area contributed by atoms with Crippen molar-refractivity contribution in [2.75, 3.05) is 39.3 Å². The summed E-state index contributed by atoms with van der Waals surface area (Å²) < 4.78 is 112. The molecule has 1 fully saturated rings. The molecule has 0 aromatic heterocycles. The van der Waals surface area contributed by atoms with E-state index in [9.17, 15) is 34.8 Å². The molecule has 4 rings (SSSR count). The number of halogens is 6. The first kappa shape index (κ1) is 29.1. The number of hydrogen-bond donors (Lipinski definition) is 0. The molecule has 1 heterocycles. The maximum absolute atomic E-state index is 13.3. The molecule has 1 aliphatic rings. The first-order valence-corrected chi connectivity index (χ1v) is 13.5. The number of hydrogen-bond acceptors (Lipinski definition) is 4. The van der Waals surface area contributed by atoms with Gasteiger partial charge in [0, 0.05) is 32.7 Å². The Morgan fingerprint density at radius 2 is 1.28 bits per heavy atom. The van der Waals surface area contributed by atoms with Crippen LogP contribution in [0.4, 0.5) is 26.3 Å². The van der Waals surface area contributed by atoms with E-state index in [4.69, 9.17) is 4.74 Å². The first-order chi connectivity index (χ1) is 18.4. The Hall–Kier alpha value is -2.93. The highest BCUT2D eigenvalue weighted by Gasteiger charge is 2.34. The minimum atomic E-state index is -4.66. The van der Waals surface area contributed by atoms with Crippen molar-refractivity contribution >= 4 is 10.0 Å². The van der Waals surface area contributed by atoms with Crippen molar-refractivity contribution in [3.05, 3.63) is 101 Å². The third kappa shape index (κ3) is 7.18. The summed E-state index contributed by atoms with van der Waals surface area (Å²) in [6.45, 7) is 1.35. The summed E-state index contributed by atoms with van der Waals surface area (Å²) in [4.78, 5) is 1.52. The SMILES string of the molecule is O=S(=O)(c1cccc(C(F)(F)F)c1)N1CCN(CCOC(c2ccccc2)c2cccc(C(F)(F)F)c2)CC1. The van der Waals surface area contributed by atoms with Crippen molar-refractivity contribution in [3.8, 4) is 0 Å². The number of rotatable bonds is 8. The van der Waals surface area contributed by atoms with Crippen LogP contribution in [0.2, 0.25) is 0 Å². The molecule has 1 aliphatic heterocycles. The average molecular weight is 573 g/mol. The molecule has 39 heavy (non-hydrogen) atoms. The standard InChI is InChI=1S/C27H26F6N2O3S/c28-26(29,30)22-9-4-8-21(18-22)25(20-6-2-1-3-7-20)38-17-16-34-12-14-35(15-13-34)39(36,37)24-11-5-10-23(19-24)27(31,32)33/h1-11,18-19,25H,12-17H2. The van der Waals surface area contributed by atoms with E-state index in [0.29, 0.717) is 36.8 Å². The zero-order valence-electron chi connectivity index (χ0n) is 20.6. The van der Waals surface area contributed by atoms with Gasteiger partial charge in [-0.05, 0) is 41.5 Å². The monoisotopic (exact) mass is 572 g/mol. The number of sulfonamides is 1. The number of alkyl halides is 6. The van der Waals surface area contributed by atoms with E-state index in [0.717, 1.165) is 34.6 Å². The third-order valence-corrected chi connectivity index (χ3v) is 8.34. The van der Waals surface area contributed by atoms with Crippen LogP contribution < -0.4 is 0 Å². The van der Waals surface area contributed by atoms with Crippen LogP contribution in [0.5, 0.6) is 0 Å². The Morgan fingerprint density at radius 1 is 0.718 bits per heavy atom. The van der Waals surface area contributed by atoms with Crippen LogP contribution in [0, 0.1) is 0 Å². The van der Waals surface area contributed by atoms with Crippen molar-refractivity contribution in [2.45, 2.75) is 23.4 Å². The fourth-order valence-electron chi connectivity index (χ4n) is 4.37. The number of benzene rings is 3. The fourth-order valence-corrected chi connectivity index (χ4v) is 5.83. The molecule has 3 aromatic rings. The molecule has 1 unspecified atom stereocenters. The van der Waals surface area contributed by atoms with Crippen molar-refractivity contribution in [2.24, 2.45) is 0 Å². The second-order valence-corrected chi connectivity index (χ2v) is 11.0. The molecule has 0 amide bonds. The highest BCUT2D eigenvalue weighted by atomic mass is 32.2. The van der Waals surface area contributed by atoms with Crippen LogP contribution >= 0.6 is 0 Å². The molecular formula is C27H26F6N2O3S. The molecule has 1 saturated heterocycles. The summed E-state index contributed by atoms with van der Waals surface area (Å²) in [5.41, 5.74) is -0.766. The first-order valence-electron chi connectivity index (χ1n) is 12.1. The smallest absolute Gasteiger partial charge is 0.367 e. The highest BCUT2D eigenvalue weighted by Crippen LogP contribution is 2.34. The van der Waals surface area contributed by atoms with Crippen LogP contribution in [-0.4, -0.2) is 57.0 Å². The summed E-state index contributed by atoms with van der Waals surface area (Å²) in [7, 11) is -4.11. The van der Waals surface area contributed by atoms with Gasteiger partial charge in [0.05, 0.1) is 22.6 Å². The van der Waals surface area contributed by atoms with Crippen molar-refractivity contribution in [1.29, 1.82) is 0 Å². The van der Waals surface area contributed by atoms with Crippen molar-refractivity contribution in [3.63, 3.8) is 0 Å². The van der Waals surface area contributed by atoms with Gasteiger partial charge in [0.15, 0.2) is 0 Å². The lowest BCUT2D eigenvalue weighted by Crippen LogP contribution is -2.49. The summed E-state index contributed by atoms with van der Waals surface area (Å²) in [5, 5.41) is 0. The maximum atomic E-state index is 13.3. The quantitative estimate of drug-likeness (QED) is 0.319. The topological polar surface area (TPSA) is 49.9 Å². The Balaban J connectivity index is 1.38. The van der Waals surface area contributed by atoms with Crippen LogP contribution in [0.1, 0.15) is 28.4 Å². The molecule has 12 heteroatoms. The number of piperazine rings is 1. The Labute approximate surface area is 222 Å². The van der Waals surface area contributed by atoms with Gasteiger partial charge < -0.3 is 4.74 Å². The van der Waals surface area contributed by atoms with E-state index in [-0.39, 0.29) is 19.7 Å². The van der Waals surface area contributed by atoms with Gasteiger partial charge in [-0.2, -0.15) is 30.6 Å². The summed E-state index contributed by atoms with van der Waals surface area (Å²) in [5.74, 6) is 0. The minimum Gasteiger partial charge on any atom is -0.367 e. The van der Waals surface area contributed by atoms with E-state index in [1.54, 1.807) is 36.4 Å². The largest absolute Gasteiger partial charge is 0.416 e. The lowest BCUT2D eigenvalue weighted by atomic mass is 9.99. The number of nitrogens with zero attached hydrogens (tertiary/aromatic N) is 2. The second kappa shape index (κ2) is 11.7. The van der Waals surface area contributed by atoms with Crippen LogP contribution in [0.15, 0.2) is 83.8 Å². The van der Waals surface area contributed by atoms with E-state index in [2.05, 4.69) is 0 Å². The summed E-state index contributed by atoms with van der Waals surface area (Å²) in [6, 6.07) is 17.5. The molecule has 1 atom stereocenters.